The van der Waals surface area contributed by atoms with Gasteiger partial charge in [0.25, 0.3) is 0 Å². The van der Waals surface area contributed by atoms with E-state index in [1.54, 1.807) is 0 Å². The normalized spacial score (nSPS) is 11.7. The van der Waals surface area contributed by atoms with Crippen molar-refractivity contribution in [3.05, 3.63) is 41.5 Å². The third-order valence-corrected chi connectivity index (χ3v) is 2.39. The van der Waals surface area contributed by atoms with E-state index in [-0.39, 0.29) is 0 Å². The SMILES string of the molecule is CCCCC/C(C)=C\c1ccccc1. The summed E-state index contributed by atoms with van der Waals surface area (Å²) in [5.41, 5.74) is 2.81. The van der Waals surface area contributed by atoms with E-state index >= 15 is 0 Å². The molecular formula is C14H20. The van der Waals surface area contributed by atoms with Gasteiger partial charge in [-0.2, -0.15) is 0 Å². The van der Waals surface area contributed by atoms with Crippen LogP contribution in [0.1, 0.15) is 45.1 Å². The first-order chi connectivity index (χ1) is 6.83. The molecule has 1 aromatic rings. The van der Waals surface area contributed by atoms with Gasteiger partial charge in [0.15, 0.2) is 0 Å². The highest BCUT2D eigenvalue weighted by Gasteiger charge is 1.91. The molecule has 0 atom stereocenters. The molecule has 0 aromatic heterocycles. The second-order valence-electron chi connectivity index (χ2n) is 3.86. The summed E-state index contributed by atoms with van der Waals surface area (Å²) < 4.78 is 0. The number of rotatable bonds is 5. The van der Waals surface area contributed by atoms with E-state index in [0.717, 1.165) is 0 Å². The minimum Gasteiger partial charge on any atom is -0.0727 e. The first kappa shape index (κ1) is 11.0. The summed E-state index contributed by atoms with van der Waals surface area (Å²) in [5.74, 6) is 0. The van der Waals surface area contributed by atoms with Crippen LogP contribution in [0.25, 0.3) is 6.08 Å². The number of benzene rings is 1. The molecule has 0 nitrogen and oxygen atoms in total. The van der Waals surface area contributed by atoms with Gasteiger partial charge in [0.05, 0.1) is 0 Å². The molecule has 0 aliphatic rings. The van der Waals surface area contributed by atoms with Gasteiger partial charge in [-0.3, -0.25) is 0 Å². The van der Waals surface area contributed by atoms with Gasteiger partial charge in [0, 0.05) is 0 Å². The summed E-state index contributed by atoms with van der Waals surface area (Å²) in [5, 5.41) is 0. The van der Waals surface area contributed by atoms with Crippen LogP contribution in [0.15, 0.2) is 35.9 Å². The fourth-order valence-electron chi connectivity index (χ4n) is 1.56. The van der Waals surface area contributed by atoms with Crippen LogP contribution in [0.5, 0.6) is 0 Å². The molecule has 0 fully saturated rings. The van der Waals surface area contributed by atoms with Gasteiger partial charge in [-0.15, -0.1) is 0 Å². The maximum absolute atomic E-state index is 2.29. The van der Waals surface area contributed by atoms with Gasteiger partial charge in [-0.05, 0) is 25.3 Å². The highest BCUT2D eigenvalue weighted by molar-refractivity contribution is 5.51. The number of unbranched alkanes of at least 4 members (excludes halogenated alkanes) is 2. The lowest BCUT2D eigenvalue weighted by Crippen LogP contribution is -1.79. The Morgan fingerprint density at radius 3 is 2.50 bits per heavy atom. The van der Waals surface area contributed by atoms with Crippen LogP contribution in [0, 0.1) is 0 Å². The summed E-state index contributed by atoms with van der Waals surface area (Å²) >= 11 is 0. The Bertz CT molecular complexity index is 269. The Morgan fingerprint density at radius 2 is 1.86 bits per heavy atom. The Labute approximate surface area is 87.7 Å². The van der Waals surface area contributed by atoms with Crippen LogP contribution in [0.4, 0.5) is 0 Å². The van der Waals surface area contributed by atoms with Gasteiger partial charge in [0.1, 0.15) is 0 Å². The van der Waals surface area contributed by atoms with Gasteiger partial charge in [0.2, 0.25) is 0 Å². The van der Waals surface area contributed by atoms with E-state index in [4.69, 9.17) is 0 Å². The molecule has 0 heteroatoms. The zero-order valence-corrected chi connectivity index (χ0v) is 9.29. The van der Waals surface area contributed by atoms with Gasteiger partial charge < -0.3 is 0 Å². The first-order valence-corrected chi connectivity index (χ1v) is 5.55. The van der Waals surface area contributed by atoms with Gasteiger partial charge in [-0.25, -0.2) is 0 Å². The molecule has 0 aliphatic heterocycles. The molecule has 0 amide bonds. The van der Waals surface area contributed by atoms with Crippen LogP contribution in [0.3, 0.4) is 0 Å². The monoisotopic (exact) mass is 188 g/mol. The van der Waals surface area contributed by atoms with Crippen molar-refractivity contribution >= 4 is 6.08 Å². The number of allylic oxidation sites excluding steroid dienone is 1. The van der Waals surface area contributed by atoms with Crippen molar-refractivity contribution < 1.29 is 0 Å². The van der Waals surface area contributed by atoms with Crippen molar-refractivity contribution in [2.45, 2.75) is 39.5 Å². The molecule has 0 spiro atoms. The summed E-state index contributed by atoms with van der Waals surface area (Å²) in [7, 11) is 0. The fraction of sp³-hybridized carbons (Fsp3) is 0.429. The molecule has 1 rings (SSSR count). The molecule has 0 bridgehead atoms. The Morgan fingerprint density at radius 1 is 1.14 bits per heavy atom. The Hall–Kier alpha value is -1.04. The Balaban J connectivity index is 2.43. The lowest BCUT2D eigenvalue weighted by atomic mass is 10.1. The number of hydrogen-bond acceptors (Lipinski definition) is 0. The maximum Gasteiger partial charge on any atom is -0.0257 e. The van der Waals surface area contributed by atoms with E-state index in [1.165, 1.54) is 36.8 Å². The molecule has 0 saturated carbocycles. The van der Waals surface area contributed by atoms with Crippen LogP contribution in [-0.4, -0.2) is 0 Å². The lowest BCUT2D eigenvalue weighted by Gasteiger charge is -2.00. The molecule has 0 unspecified atom stereocenters. The largest absolute Gasteiger partial charge is 0.0727 e. The fourth-order valence-corrected chi connectivity index (χ4v) is 1.56. The third kappa shape index (κ3) is 4.27. The first-order valence-electron chi connectivity index (χ1n) is 5.55. The average molecular weight is 188 g/mol. The molecule has 14 heavy (non-hydrogen) atoms. The highest BCUT2D eigenvalue weighted by atomic mass is 14.0. The number of hydrogen-bond donors (Lipinski definition) is 0. The summed E-state index contributed by atoms with van der Waals surface area (Å²) in [6.45, 7) is 4.47. The quantitative estimate of drug-likeness (QED) is 0.589. The van der Waals surface area contributed by atoms with Crippen molar-refractivity contribution in [3.8, 4) is 0 Å². The van der Waals surface area contributed by atoms with E-state index in [2.05, 4.69) is 50.3 Å². The molecular weight excluding hydrogens is 168 g/mol. The molecule has 76 valence electrons. The minimum atomic E-state index is 1.24. The lowest BCUT2D eigenvalue weighted by molar-refractivity contribution is 0.715. The van der Waals surface area contributed by atoms with E-state index in [0.29, 0.717) is 0 Å². The second kappa shape index (κ2) is 6.42. The summed E-state index contributed by atoms with van der Waals surface area (Å²) in [6.07, 6.45) is 7.50. The van der Waals surface area contributed by atoms with E-state index < -0.39 is 0 Å². The topological polar surface area (TPSA) is 0 Å². The minimum absolute atomic E-state index is 1.24. The smallest absolute Gasteiger partial charge is 0.0257 e. The standard InChI is InChI=1S/C14H20/c1-3-4-6-9-13(2)12-14-10-7-5-8-11-14/h5,7-8,10-12H,3-4,6,9H2,1-2H3/b13-12-. The van der Waals surface area contributed by atoms with Crippen LogP contribution < -0.4 is 0 Å². The summed E-state index contributed by atoms with van der Waals surface area (Å²) in [4.78, 5) is 0. The summed E-state index contributed by atoms with van der Waals surface area (Å²) in [6, 6.07) is 10.5. The van der Waals surface area contributed by atoms with Gasteiger partial charge >= 0.3 is 0 Å². The zero-order valence-electron chi connectivity index (χ0n) is 9.29. The zero-order chi connectivity index (χ0) is 10.2. The van der Waals surface area contributed by atoms with Crippen LogP contribution in [0.2, 0.25) is 0 Å². The average Bonchev–Trinajstić information content (AvgIpc) is 2.20. The van der Waals surface area contributed by atoms with Crippen molar-refractivity contribution in [1.82, 2.24) is 0 Å². The van der Waals surface area contributed by atoms with Crippen LogP contribution in [-0.2, 0) is 0 Å². The van der Waals surface area contributed by atoms with Crippen molar-refractivity contribution in [2.75, 3.05) is 0 Å². The molecule has 0 aliphatic carbocycles. The predicted molar refractivity (Wildman–Crippen MR) is 64.2 cm³/mol. The van der Waals surface area contributed by atoms with E-state index in [9.17, 15) is 0 Å². The molecule has 0 heterocycles. The molecule has 1 aromatic carbocycles. The molecule has 0 radical (unpaired) electrons. The maximum atomic E-state index is 2.29. The van der Waals surface area contributed by atoms with Crippen LogP contribution >= 0.6 is 0 Å². The predicted octanol–water partition coefficient (Wildman–Crippen LogP) is 4.67. The van der Waals surface area contributed by atoms with Crippen molar-refractivity contribution in [3.63, 3.8) is 0 Å². The molecule has 0 N–H and O–H groups in total. The Kier molecular flexibility index (Phi) is 5.06. The molecule has 0 saturated heterocycles. The second-order valence-corrected chi connectivity index (χ2v) is 3.86. The van der Waals surface area contributed by atoms with Crippen molar-refractivity contribution in [2.24, 2.45) is 0 Å². The van der Waals surface area contributed by atoms with Crippen molar-refractivity contribution in [1.29, 1.82) is 0 Å². The van der Waals surface area contributed by atoms with E-state index in [1.807, 2.05) is 0 Å². The van der Waals surface area contributed by atoms with Gasteiger partial charge in [-0.1, -0.05) is 61.7 Å². The highest BCUT2D eigenvalue weighted by Crippen LogP contribution is 2.12. The third-order valence-electron chi connectivity index (χ3n) is 2.39.